The Morgan fingerprint density at radius 2 is 1.74 bits per heavy atom. The zero-order valence-electron chi connectivity index (χ0n) is 20.1. The van der Waals surface area contributed by atoms with Gasteiger partial charge in [0.25, 0.3) is 5.56 Å². The summed E-state index contributed by atoms with van der Waals surface area (Å²) in [4.78, 5) is 21.5. The minimum atomic E-state index is -0.294. The number of benzene rings is 2. The first-order valence-corrected chi connectivity index (χ1v) is 12.6. The molecule has 1 saturated carbocycles. The summed E-state index contributed by atoms with van der Waals surface area (Å²) in [5.74, 6) is 0.780. The summed E-state index contributed by atoms with van der Waals surface area (Å²) in [6.45, 7) is 5.44. The molecule has 0 radical (unpaired) electrons. The lowest BCUT2D eigenvalue weighted by Crippen LogP contribution is -2.49. The van der Waals surface area contributed by atoms with Gasteiger partial charge in [0.1, 0.15) is 6.04 Å². The molecule has 1 aliphatic carbocycles. The molecule has 0 amide bonds. The number of nitrogens with one attached hydrogen (secondary N) is 1. The number of fused-ring (bicyclic) bond motifs is 1. The van der Waals surface area contributed by atoms with Crippen LogP contribution in [0.25, 0.3) is 10.9 Å². The molecule has 3 heterocycles. The predicted octanol–water partition coefficient (Wildman–Crippen LogP) is 3.85. The zero-order chi connectivity index (χ0) is 23.8. The Balaban J connectivity index is 1.40. The second kappa shape index (κ2) is 9.26. The van der Waals surface area contributed by atoms with Crippen LogP contribution in [0.3, 0.4) is 0 Å². The van der Waals surface area contributed by atoms with E-state index < -0.39 is 0 Å². The summed E-state index contributed by atoms with van der Waals surface area (Å²) < 4.78 is 2.00. The molecule has 1 atom stereocenters. The quantitative estimate of drug-likeness (QED) is 0.478. The summed E-state index contributed by atoms with van der Waals surface area (Å²) in [6.07, 6.45) is 4.56. The van der Waals surface area contributed by atoms with Crippen LogP contribution in [0, 0.1) is 6.92 Å². The maximum Gasteiger partial charge on any atom is 0.253 e. The van der Waals surface area contributed by atoms with Gasteiger partial charge in [-0.2, -0.15) is 0 Å². The highest BCUT2D eigenvalue weighted by Gasteiger charge is 2.34. The van der Waals surface area contributed by atoms with Crippen LogP contribution in [0.1, 0.15) is 54.7 Å². The van der Waals surface area contributed by atoms with Crippen LogP contribution in [0.4, 0.5) is 5.69 Å². The number of rotatable bonds is 5. The number of anilines is 1. The molecule has 2 aliphatic rings. The molecule has 2 aromatic heterocycles. The third-order valence-electron chi connectivity index (χ3n) is 7.65. The molecule has 8 nitrogen and oxygen atoms in total. The number of tetrazole rings is 1. The van der Waals surface area contributed by atoms with Gasteiger partial charge in [0.2, 0.25) is 0 Å². The monoisotopic (exact) mass is 469 g/mol. The number of aromatic amines is 1. The lowest BCUT2D eigenvalue weighted by Gasteiger charge is -2.39. The van der Waals surface area contributed by atoms with E-state index in [1.807, 2.05) is 35.9 Å². The zero-order valence-corrected chi connectivity index (χ0v) is 20.1. The number of H-pyrrole nitrogens is 1. The fourth-order valence-corrected chi connectivity index (χ4v) is 5.77. The standard InChI is InChI=1S/C27H31N7O/c1-19-8-7-9-20-18-23(27(35)28-24(19)20)25(26-29-30-31-34(26)22-12-5-6-13-22)33-16-14-32(15-17-33)21-10-3-2-4-11-21/h2-4,7-11,18,22,25H,5-6,12-17H2,1H3,(H,28,35)/t25-/m1/s1. The molecular weight excluding hydrogens is 438 g/mol. The SMILES string of the molecule is Cc1cccc2cc([C@H](c3nnnn3C3CCCC3)N3CCN(c4ccccc4)CC3)c(=O)[nH]c12. The number of aryl methyl sites for hydroxylation is 1. The first-order chi connectivity index (χ1) is 17.2. The molecule has 0 spiro atoms. The largest absolute Gasteiger partial charge is 0.369 e. The molecule has 1 aliphatic heterocycles. The lowest BCUT2D eigenvalue weighted by molar-refractivity contribution is 0.197. The van der Waals surface area contributed by atoms with Crippen molar-refractivity contribution in [2.24, 2.45) is 0 Å². The number of piperazine rings is 1. The van der Waals surface area contributed by atoms with E-state index in [2.05, 4.69) is 60.6 Å². The second-order valence-corrected chi connectivity index (χ2v) is 9.77. The van der Waals surface area contributed by atoms with E-state index in [0.717, 1.165) is 61.3 Å². The highest BCUT2D eigenvalue weighted by atomic mass is 16.1. The average molecular weight is 470 g/mol. The van der Waals surface area contributed by atoms with E-state index >= 15 is 0 Å². The van der Waals surface area contributed by atoms with Crippen molar-refractivity contribution in [3.63, 3.8) is 0 Å². The van der Waals surface area contributed by atoms with Crippen molar-refractivity contribution >= 4 is 16.6 Å². The first-order valence-electron chi connectivity index (χ1n) is 12.6. The Morgan fingerprint density at radius 3 is 2.51 bits per heavy atom. The van der Waals surface area contributed by atoms with Gasteiger partial charge < -0.3 is 9.88 Å². The van der Waals surface area contributed by atoms with Crippen LogP contribution >= 0.6 is 0 Å². The molecule has 4 aromatic rings. The fourth-order valence-electron chi connectivity index (χ4n) is 5.77. The number of pyridine rings is 1. The molecule has 180 valence electrons. The molecule has 2 fully saturated rings. The lowest BCUT2D eigenvalue weighted by atomic mass is 10.0. The topological polar surface area (TPSA) is 82.9 Å². The minimum absolute atomic E-state index is 0.0664. The van der Waals surface area contributed by atoms with E-state index in [0.29, 0.717) is 11.6 Å². The molecule has 1 N–H and O–H groups in total. The summed E-state index contributed by atoms with van der Waals surface area (Å²) in [7, 11) is 0. The molecule has 35 heavy (non-hydrogen) atoms. The van der Waals surface area contributed by atoms with Crippen LogP contribution in [0.15, 0.2) is 59.4 Å². The van der Waals surface area contributed by atoms with Crippen molar-refractivity contribution in [2.45, 2.75) is 44.7 Å². The first kappa shape index (κ1) is 22.0. The van der Waals surface area contributed by atoms with Gasteiger partial charge in [-0.1, -0.05) is 49.2 Å². The van der Waals surface area contributed by atoms with Gasteiger partial charge in [-0.25, -0.2) is 4.68 Å². The maximum atomic E-state index is 13.5. The molecule has 8 heteroatoms. The fraction of sp³-hybridized carbons (Fsp3) is 0.407. The van der Waals surface area contributed by atoms with Gasteiger partial charge in [0.05, 0.1) is 11.6 Å². The number of para-hydroxylation sites is 2. The van der Waals surface area contributed by atoms with Crippen molar-refractivity contribution < 1.29 is 0 Å². The van der Waals surface area contributed by atoms with Crippen molar-refractivity contribution in [3.8, 4) is 0 Å². The normalized spacial score (nSPS) is 18.4. The van der Waals surface area contributed by atoms with Crippen LogP contribution in [0.2, 0.25) is 0 Å². The summed E-state index contributed by atoms with van der Waals surface area (Å²) in [5.41, 5.74) is 3.84. The Bertz CT molecular complexity index is 1370. The molecule has 1 saturated heterocycles. The maximum absolute atomic E-state index is 13.5. The van der Waals surface area contributed by atoms with Gasteiger partial charge in [-0.05, 0) is 59.3 Å². The van der Waals surface area contributed by atoms with Crippen LogP contribution in [-0.4, -0.2) is 56.3 Å². The molecule has 6 rings (SSSR count). The Hall–Kier alpha value is -3.52. The van der Waals surface area contributed by atoms with Crippen molar-refractivity contribution in [1.82, 2.24) is 30.1 Å². The Morgan fingerprint density at radius 1 is 0.971 bits per heavy atom. The number of aromatic nitrogens is 5. The molecular formula is C27H31N7O. The summed E-state index contributed by atoms with van der Waals surface area (Å²) >= 11 is 0. The van der Waals surface area contributed by atoms with Crippen LogP contribution in [0.5, 0.6) is 0 Å². The highest BCUT2D eigenvalue weighted by Crippen LogP contribution is 2.34. The van der Waals surface area contributed by atoms with Gasteiger partial charge >= 0.3 is 0 Å². The average Bonchev–Trinajstić information content (AvgIpc) is 3.59. The second-order valence-electron chi connectivity index (χ2n) is 9.77. The molecule has 0 bridgehead atoms. The van der Waals surface area contributed by atoms with Crippen LogP contribution in [-0.2, 0) is 0 Å². The highest BCUT2D eigenvalue weighted by molar-refractivity contribution is 5.82. The van der Waals surface area contributed by atoms with Gasteiger partial charge in [-0.3, -0.25) is 9.69 Å². The third-order valence-corrected chi connectivity index (χ3v) is 7.65. The van der Waals surface area contributed by atoms with E-state index in [9.17, 15) is 4.79 Å². The smallest absolute Gasteiger partial charge is 0.253 e. The number of hydrogen-bond donors (Lipinski definition) is 1. The minimum Gasteiger partial charge on any atom is -0.369 e. The summed E-state index contributed by atoms with van der Waals surface area (Å²) in [5, 5.41) is 14.1. The van der Waals surface area contributed by atoms with Crippen LogP contribution < -0.4 is 10.5 Å². The molecule has 0 unspecified atom stereocenters. The third kappa shape index (κ3) is 4.12. The summed E-state index contributed by atoms with van der Waals surface area (Å²) in [6, 6.07) is 18.7. The molecule has 2 aromatic carbocycles. The van der Waals surface area contributed by atoms with E-state index in [4.69, 9.17) is 0 Å². The Labute approximate surface area is 204 Å². The van der Waals surface area contributed by atoms with Crippen molar-refractivity contribution in [3.05, 3.63) is 81.9 Å². The van der Waals surface area contributed by atoms with Crippen molar-refractivity contribution in [1.29, 1.82) is 0 Å². The van der Waals surface area contributed by atoms with Gasteiger partial charge in [-0.15, -0.1) is 5.10 Å². The van der Waals surface area contributed by atoms with Crippen molar-refractivity contribution in [2.75, 3.05) is 31.1 Å². The Kier molecular flexibility index (Phi) is 5.82. The number of hydrogen-bond acceptors (Lipinski definition) is 6. The van der Waals surface area contributed by atoms with Gasteiger partial charge in [0, 0.05) is 37.4 Å². The van der Waals surface area contributed by atoms with E-state index in [-0.39, 0.29) is 11.6 Å². The van der Waals surface area contributed by atoms with Gasteiger partial charge in [0.15, 0.2) is 5.82 Å². The number of nitrogens with zero attached hydrogens (tertiary/aromatic N) is 6. The van der Waals surface area contributed by atoms with E-state index in [1.54, 1.807) is 0 Å². The van der Waals surface area contributed by atoms with E-state index in [1.165, 1.54) is 18.5 Å². The predicted molar refractivity (Wildman–Crippen MR) is 137 cm³/mol.